The van der Waals surface area contributed by atoms with Gasteiger partial charge in [0.15, 0.2) is 5.96 Å². The Morgan fingerprint density at radius 1 is 1.25 bits per heavy atom. The summed E-state index contributed by atoms with van der Waals surface area (Å²) in [5.41, 5.74) is 1.75. The third-order valence-electron chi connectivity index (χ3n) is 6.70. The van der Waals surface area contributed by atoms with Gasteiger partial charge in [-0.1, -0.05) is 19.9 Å². The highest BCUT2D eigenvalue weighted by Crippen LogP contribution is 2.46. The van der Waals surface area contributed by atoms with E-state index in [2.05, 4.69) is 44.8 Å². The summed E-state index contributed by atoms with van der Waals surface area (Å²) < 4.78 is 14.7. The van der Waals surface area contributed by atoms with Gasteiger partial charge in [-0.15, -0.1) is 0 Å². The van der Waals surface area contributed by atoms with Crippen molar-refractivity contribution in [3.63, 3.8) is 0 Å². The maximum absolute atomic E-state index is 14.7. The van der Waals surface area contributed by atoms with Crippen molar-refractivity contribution in [1.29, 1.82) is 0 Å². The van der Waals surface area contributed by atoms with Crippen LogP contribution < -0.4 is 10.2 Å². The number of guanidine groups is 1. The Kier molecular flexibility index (Phi) is 5.89. The number of benzene rings is 1. The van der Waals surface area contributed by atoms with Crippen molar-refractivity contribution in [2.24, 2.45) is 10.4 Å². The third-order valence-corrected chi connectivity index (χ3v) is 6.70. The van der Waals surface area contributed by atoms with Crippen molar-refractivity contribution >= 4 is 11.6 Å². The van der Waals surface area contributed by atoms with Gasteiger partial charge in [-0.3, -0.25) is 0 Å². The zero-order valence-corrected chi connectivity index (χ0v) is 17.9. The molecule has 0 spiro atoms. The van der Waals surface area contributed by atoms with Gasteiger partial charge in [-0.2, -0.15) is 0 Å². The number of aliphatic hydroxyl groups excluding tert-OH is 1. The maximum Gasteiger partial charge on any atom is 0.194 e. The zero-order chi connectivity index (χ0) is 20.5. The molecule has 2 fully saturated rings. The van der Waals surface area contributed by atoms with Crippen LogP contribution in [-0.2, 0) is 6.54 Å². The second-order valence-corrected chi connectivity index (χ2v) is 9.20. The smallest absolute Gasteiger partial charge is 0.194 e. The number of nitrogens with zero attached hydrogens (tertiary/aromatic N) is 3. The first-order valence-electron chi connectivity index (χ1n) is 10.4. The van der Waals surface area contributed by atoms with Crippen LogP contribution in [0.1, 0.15) is 53.0 Å². The Labute approximate surface area is 168 Å². The molecule has 1 aromatic rings. The van der Waals surface area contributed by atoms with Crippen LogP contribution in [0.2, 0.25) is 0 Å². The lowest BCUT2D eigenvalue weighted by Gasteiger charge is -2.62. The fraction of sp³-hybridized carbons (Fsp3) is 0.682. The summed E-state index contributed by atoms with van der Waals surface area (Å²) in [4.78, 5) is 9.10. The van der Waals surface area contributed by atoms with Gasteiger partial charge in [-0.25, -0.2) is 9.38 Å². The molecular weight excluding hydrogens is 355 g/mol. The zero-order valence-electron chi connectivity index (χ0n) is 17.9. The highest BCUT2D eigenvalue weighted by atomic mass is 19.1. The van der Waals surface area contributed by atoms with Crippen LogP contribution in [-0.4, -0.2) is 53.8 Å². The van der Waals surface area contributed by atoms with Gasteiger partial charge in [0, 0.05) is 37.1 Å². The molecule has 1 aromatic carbocycles. The molecule has 0 bridgehead atoms. The molecule has 2 aliphatic heterocycles. The molecule has 0 atom stereocenters. The summed E-state index contributed by atoms with van der Waals surface area (Å²) >= 11 is 0. The first-order chi connectivity index (χ1) is 13.2. The molecule has 0 radical (unpaired) electrons. The number of anilines is 1. The van der Waals surface area contributed by atoms with Gasteiger partial charge >= 0.3 is 0 Å². The maximum atomic E-state index is 14.7. The molecule has 2 heterocycles. The summed E-state index contributed by atoms with van der Waals surface area (Å²) in [6.07, 6.45) is 1.13. The van der Waals surface area contributed by atoms with Crippen LogP contribution >= 0.6 is 0 Å². The Bertz CT molecular complexity index is 723. The van der Waals surface area contributed by atoms with Gasteiger partial charge in [0.25, 0.3) is 0 Å². The third kappa shape index (κ3) is 3.97. The monoisotopic (exact) mass is 390 g/mol. The Balaban J connectivity index is 1.71. The van der Waals surface area contributed by atoms with E-state index in [1.807, 2.05) is 17.0 Å². The van der Waals surface area contributed by atoms with Crippen molar-refractivity contribution in [2.75, 3.05) is 31.1 Å². The first kappa shape index (κ1) is 20.9. The Hall–Kier alpha value is -1.82. The molecule has 6 heteroatoms. The molecule has 0 aromatic heterocycles. The summed E-state index contributed by atoms with van der Waals surface area (Å²) in [6, 6.07) is 5.40. The lowest BCUT2D eigenvalue weighted by molar-refractivity contribution is -0.0667. The minimum Gasteiger partial charge on any atom is -0.393 e. The van der Waals surface area contributed by atoms with E-state index in [0.29, 0.717) is 38.2 Å². The van der Waals surface area contributed by atoms with Crippen molar-refractivity contribution in [3.05, 3.63) is 29.6 Å². The quantitative estimate of drug-likeness (QED) is 0.611. The van der Waals surface area contributed by atoms with Crippen LogP contribution in [0.15, 0.2) is 23.2 Å². The normalized spacial score (nSPS) is 22.2. The number of hydrogen-bond acceptors (Lipinski definition) is 3. The number of nitrogens with one attached hydrogen (secondary N) is 1. The van der Waals surface area contributed by atoms with Crippen molar-refractivity contribution < 1.29 is 9.50 Å². The van der Waals surface area contributed by atoms with Crippen molar-refractivity contribution in [3.8, 4) is 0 Å². The van der Waals surface area contributed by atoms with Crippen molar-refractivity contribution in [1.82, 2.24) is 10.2 Å². The van der Waals surface area contributed by atoms with E-state index in [-0.39, 0.29) is 22.9 Å². The molecule has 156 valence electrons. The topological polar surface area (TPSA) is 51.1 Å². The molecular formula is C22H35FN4O. The van der Waals surface area contributed by atoms with Gasteiger partial charge < -0.3 is 20.2 Å². The first-order valence-corrected chi connectivity index (χ1v) is 10.4. The average Bonchev–Trinajstić information content (AvgIpc) is 2.64. The molecule has 0 saturated carbocycles. The molecule has 2 N–H and O–H groups in total. The van der Waals surface area contributed by atoms with Crippen LogP contribution in [0.3, 0.4) is 0 Å². The number of aliphatic hydroxyl groups is 1. The van der Waals surface area contributed by atoms with Crippen molar-refractivity contribution in [2.45, 2.75) is 65.6 Å². The van der Waals surface area contributed by atoms with Gasteiger partial charge in [0.1, 0.15) is 5.82 Å². The lowest BCUT2D eigenvalue weighted by Crippen LogP contribution is -2.72. The molecule has 0 amide bonds. The molecule has 28 heavy (non-hydrogen) atoms. The molecule has 0 aliphatic carbocycles. The van der Waals surface area contributed by atoms with Gasteiger partial charge in [0.05, 0.1) is 18.3 Å². The SMILES string of the molecule is CCNC(=NCc1ccc(N2CCC(O)CC2)c(F)c1)N1CC(C)(C)C1(C)C. The minimum absolute atomic E-state index is 0.0297. The van der Waals surface area contributed by atoms with E-state index in [4.69, 9.17) is 4.99 Å². The molecule has 0 unspecified atom stereocenters. The standard InChI is InChI=1S/C22H35FN4O/c1-6-24-20(27-15-21(2,3)22(27,4)5)25-14-16-7-8-19(18(23)13-16)26-11-9-17(28)10-12-26/h7-8,13,17,28H,6,9-12,14-15H2,1-5H3,(H,24,25). The van der Waals surface area contributed by atoms with Crippen LogP contribution in [0.25, 0.3) is 0 Å². The largest absolute Gasteiger partial charge is 0.393 e. The number of hydrogen-bond donors (Lipinski definition) is 2. The highest BCUT2D eigenvalue weighted by molar-refractivity contribution is 5.82. The summed E-state index contributed by atoms with van der Waals surface area (Å²) in [5, 5.41) is 13.0. The predicted molar refractivity (Wildman–Crippen MR) is 113 cm³/mol. The molecule has 2 aliphatic rings. The predicted octanol–water partition coefficient (Wildman–Crippen LogP) is 3.37. The van der Waals surface area contributed by atoms with E-state index in [1.54, 1.807) is 6.07 Å². The second kappa shape index (κ2) is 7.90. The second-order valence-electron chi connectivity index (χ2n) is 9.20. The molecule has 5 nitrogen and oxygen atoms in total. The summed E-state index contributed by atoms with van der Waals surface area (Å²) in [5.74, 6) is 0.681. The van der Waals surface area contributed by atoms with E-state index in [1.165, 1.54) is 0 Å². The number of halogens is 1. The minimum atomic E-state index is -0.256. The summed E-state index contributed by atoms with van der Waals surface area (Å²) in [6.45, 7) is 14.7. The average molecular weight is 391 g/mol. The number of aliphatic imine (C=N–C) groups is 1. The fourth-order valence-corrected chi connectivity index (χ4v) is 3.97. The molecule has 3 rings (SSSR count). The van der Waals surface area contributed by atoms with Crippen LogP contribution in [0, 0.1) is 11.2 Å². The number of rotatable bonds is 4. The number of likely N-dealkylation sites (tertiary alicyclic amines) is 1. The molecule has 2 saturated heterocycles. The van der Waals surface area contributed by atoms with Gasteiger partial charge in [-0.05, 0) is 51.3 Å². The van der Waals surface area contributed by atoms with Crippen LogP contribution in [0.5, 0.6) is 0 Å². The number of piperidine rings is 1. The van der Waals surface area contributed by atoms with E-state index in [0.717, 1.165) is 24.6 Å². The Morgan fingerprint density at radius 2 is 1.93 bits per heavy atom. The van der Waals surface area contributed by atoms with Crippen LogP contribution in [0.4, 0.5) is 10.1 Å². The Morgan fingerprint density at radius 3 is 2.46 bits per heavy atom. The lowest BCUT2D eigenvalue weighted by atomic mass is 9.65. The van der Waals surface area contributed by atoms with E-state index in [9.17, 15) is 9.50 Å². The van der Waals surface area contributed by atoms with Gasteiger partial charge in [0.2, 0.25) is 0 Å². The fourth-order valence-electron chi connectivity index (χ4n) is 3.97. The highest BCUT2D eigenvalue weighted by Gasteiger charge is 2.53. The summed E-state index contributed by atoms with van der Waals surface area (Å²) in [7, 11) is 0. The van der Waals surface area contributed by atoms with E-state index < -0.39 is 0 Å². The van der Waals surface area contributed by atoms with E-state index >= 15 is 0 Å².